The van der Waals surface area contributed by atoms with Crippen molar-refractivity contribution in [3.8, 4) is 11.1 Å². The molecule has 32 heavy (non-hydrogen) atoms. The van der Waals surface area contributed by atoms with E-state index >= 15 is 0 Å². The SMILES string of the molecule is C[C@@H]1CN(c2nc(F)cc(Nc3cc(-c4ccc(C(F)(F)F)cc4)cnn3)n2)C[C@H](C)O1. The molecule has 0 bridgehead atoms. The number of halogens is 4. The third-order valence-corrected chi connectivity index (χ3v) is 4.84. The summed E-state index contributed by atoms with van der Waals surface area (Å²) in [5.74, 6) is -0.0502. The summed E-state index contributed by atoms with van der Waals surface area (Å²) in [5.41, 5.74) is 0.334. The van der Waals surface area contributed by atoms with E-state index in [0.717, 1.165) is 18.2 Å². The van der Waals surface area contributed by atoms with Crippen molar-refractivity contribution in [3.63, 3.8) is 0 Å². The topological polar surface area (TPSA) is 76.1 Å². The minimum atomic E-state index is -4.41. The summed E-state index contributed by atoms with van der Waals surface area (Å²) >= 11 is 0. The monoisotopic (exact) mass is 448 g/mol. The highest BCUT2D eigenvalue weighted by atomic mass is 19.4. The Morgan fingerprint density at radius 1 is 0.969 bits per heavy atom. The molecule has 1 aromatic carbocycles. The second kappa shape index (κ2) is 8.65. The van der Waals surface area contributed by atoms with Gasteiger partial charge >= 0.3 is 6.18 Å². The maximum Gasteiger partial charge on any atom is 0.416 e. The number of anilines is 3. The van der Waals surface area contributed by atoms with Gasteiger partial charge in [-0.25, -0.2) is 0 Å². The van der Waals surface area contributed by atoms with Gasteiger partial charge in [-0.3, -0.25) is 0 Å². The Morgan fingerprint density at radius 3 is 2.31 bits per heavy atom. The molecule has 3 heterocycles. The smallest absolute Gasteiger partial charge is 0.372 e. The van der Waals surface area contributed by atoms with Crippen LogP contribution in [0.2, 0.25) is 0 Å². The molecule has 3 aromatic rings. The van der Waals surface area contributed by atoms with Crippen molar-refractivity contribution < 1.29 is 22.3 Å². The predicted molar refractivity (Wildman–Crippen MR) is 110 cm³/mol. The van der Waals surface area contributed by atoms with E-state index in [4.69, 9.17) is 4.74 Å². The van der Waals surface area contributed by atoms with E-state index in [1.165, 1.54) is 18.3 Å². The average molecular weight is 448 g/mol. The fourth-order valence-electron chi connectivity index (χ4n) is 3.52. The number of rotatable bonds is 4. The molecule has 1 fully saturated rings. The minimum Gasteiger partial charge on any atom is -0.372 e. The molecular weight excluding hydrogens is 428 g/mol. The van der Waals surface area contributed by atoms with Crippen LogP contribution in [0.25, 0.3) is 11.1 Å². The first-order valence-corrected chi connectivity index (χ1v) is 9.90. The van der Waals surface area contributed by atoms with Crippen LogP contribution in [0.4, 0.5) is 35.1 Å². The summed E-state index contributed by atoms with van der Waals surface area (Å²) in [7, 11) is 0. The van der Waals surface area contributed by atoms with E-state index in [0.29, 0.717) is 24.2 Å². The van der Waals surface area contributed by atoms with Gasteiger partial charge in [-0.15, -0.1) is 5.10 Å². The van der Waals surface area contributed by atoms with Gasteiger partial charge in [0.25, 0.3) is 0 Å². The third kappa shape index (κ3) is 5.10. The van der Waals surface area contributed by atoms with Gasteiger partial charge in [0.1, 0.15) is 5.82 Å². The molecule has 0 aliphatic carbocycles. The quantitative estimate of drug-likeness (QED) is 0.467. The molecule has 1 N–H and O–H groups in total. The molecule has 2 atom stereocenters. The predicted octanol–water partition coefficient (Wildman–Crippen LogP) is 4.45. The van der Waals surface area contributed by atoms with Crippen LogP contribution in [0.15, 0.2) is 42.6 Å². The third-order valence-electron chi connectivity index (χ3n) is 4.84. The molecule has 0 unspecified atom stereocenters. The average Bonchev–Trinajstić information content (AvgIpc) is 2.72. The zero-order valence-corrected chi connectivity index (χ0v) is 17.3. The molecule has 1 saturated heterocycles. The van der Waals surface area contributed by atoms with Crippen LogP contribution in [0, 0.1) is 5.95 Å². The van der Waals surface area contributed by atoms with E-state index < -0.39 is 17.7 Å². The molecule has 0 amide bonds. The summed E-state index contributed by atoms with van der Waals surface area (Å²) in [6.07, 6.45) is -3.08. The van der Waals surface area contributed by atoms with Crippen molar-refractivity contribution in [2.45, 2.75) is 32.2 Å². The van der Waals surface area contributed by atoms with Crippen molar-refractivity contribution >= 4 is 17.6 Å². The highest BCUT2D eigenvalue weighted by molar-refractivity contribution is 5.67. The molecule has 7 nitrogen and oxygen atoms in total. The second-order valence-corrected chi connectivity index (χ2v) is 7.57. The van der Waals surface area contributed by atoms with E-state index in [2.05, 4.69) is 25.5 Å². The zero-order chi connectivity index (χ0) is 22.9. The second-order valence-electron chi connectivity index (χ2n) is 7.57. The van der Waals surface area contributed by atoms with Crippen molar-refractivity contribution in [1.29, 1.82) is 0 Å². The van der Waals surface area contributed by atoms with Gasteiger partial charge in [0, 0.05) is 24.7 Å². The van der Waals surface area contributed by atoms with Crippen molar-refractivity contribution in [1.82, 2.24) is 20.2 Å². The summed E-state index contributed by atoms with van der Waals surface area (Å²) in [6, 6.07) is 7.43. The molecule has 2 aromatic heterocycles. The summed E-state index contributed by atoms with van der Waals surface area (Å²) in [4.78, 5) is 10.1. The Balaban J connectivity index is 1.55. The first-order chi connectivity index (χ1) is 15.2. The van der Waals surface area contributed by atoms with Crippen LogP contribution in [0.3, 0.4) is 0 Å². The Labute approximate surface area is 181 Å². The number of hydrogen-bond donors (Lipinski definition) is 1. The molecule has 0 spiro atoms. The van der Waals surface area contributed by atoms with E-state index in [1.54, 1.807) is 6.07 Å². The molecule has 0 radical (unpaired) electrons. The van der Waals surface area contributed by atoms with Crippen LogP contribution in [-0.4, -0.2) is 45.5 Å². The molecule has 168 valence electrons. The van der Waals surface area contributed by atoms with E-state index in [9.17, 15) is 17.6 Å². The normalized spacial score (nSPS) is 19.1. The summed E-state index contributed by atoms with van der Waals surface area (Å²) in [6.45, 7) is 4.89. The van der Waals surface area contributed by atoms with Crippen molar-refractivity contribution in [2.24, 2.45) is 0 Å². The van der Waals surface area contributed by atoms with E-state index in [-0.39, 0.29) is 29.8 Å². The standard InChI is InChI=1S/C21H20F4N6O/c1-12-10-31(11-13(2)32-12)20-27-17(22)8-18(29-20)28-19-7-15(9-26-30-19)14-3-5-16(6-4-14)21(23,24)25/h3-9,12-13H,10-11H2,1-2H3,(H,27,28,29,30)/t12-,13+. The number of nitrogens with zero attached hydrogens (tertiary/aromatic N) is 5. The highest BCUT2D eigenvalue weighted by Gasteiger charge is 2.30. The Hall–Kier alpha value is -3.34. The van der Waals surface area contributed by atoms with E-state index in [1.807, 2.05) is 18.7 Å². The van der Waals surface area contributed by atoms with Gasteiger partial charge in [0.05, 0.1) is 24.0 Å². The first kappa shape index (κ1) is 21.9. The van der Waals surface area contributed by atoms with Crippen molar-refractivity contribution in [3.05, 3.63) is 54.1 Å². The maximum absolute atomic E-state index is 14.2. The lowest BCUT2D eigenvalue weighted by Gasteiger charge is -2.35. The minimum absolute atomic E-state index is 0.0479. The molecule has 4 rings (SSSR count). The number of ether oxygens (including phenoxy) is 1. The molecule has 11 heteroatoms. The maximum atomic E-state index is 14.2. The Bertz CT molecular complexity index is 1080. The van der Waals surface area contributed by atoms with Crippen molar-refractivity contribution in [2.75, 3.05) is 23.3 Å². The highest BCUT2D eigenvalue weighted by Crippen LogP contribution is 2.31. The largest absolute Gasteiger partial charge is 0.416 e. The van der Waals surface area contributed by atoms with Crippen LogP contribution in [0.1, 0.15) is 19.4 Å². The summed E-state index contributed by atoms with van der Waals surface area (Å²) < 4.78 is 58.2. The Kier molecular flexibility index (Phi) is 5.92. The van der Waals surface area contributed by atoms with Gasteiger partial charge in [0.15, 0.2) is 5.82 Å². The number of nitrogens with one attached hydrogen (secondary N) is 1. The Morgan fingerprint density at radius 2 is 1.66 bits per heavy atom. The number of morpholine rings is 1. The van der Waals surface area contributed by atoms with Crippen LogP contribution in [0.5, 0.6) is 0 Å². The number of benzene rings is 1. The van der Waals surface area contributed by atoms with Crippen LogP contribution < -0.4 is 10.2 Å². The number of alkyl halides is 3. The van der Waals surface area contributed by atoms with Gasteiger partial charge in [-0.2, -0.15) is 32.6 Å². The fraction of sp³-hybridized carbons (Fsp3) is 0.333. The summed E-state index contributed by atoms with van der Waals surface area (Å²) in [5, 5.41) is 10.7. The van der Waals surface area contributed by atoms with Crippen LogP contribution in [-0.2, 0) is 10.9 Å². The molecular formula is C21H20F4N6O. The fourth-order valence-corrected chi connectivity index (χ4v) is 3.52. The zero-order valence-electron chi connectivity index (χ0n) is 17.3. The lowest BCUT2D eigenvalue weighted by atomic mass is 10.1. The lowest BCUT2D eigenvalue weighted by Crippen LogP contribution is -2.46. The van der Waals surface area contributed by atoms with Gasteiger partial charge in [-0.05, 0) is 37.6 Å². The number of hydrogen-bond acceptors (Lipinski definition) is 7. The number of aromatic nitrogens is 4. The van der Waals surface area contributed by atoms with Gasteiger partial charge in [0.2, 0.25) is 11.9 Å². The lowest BCUT2D eigenvalue weighted by molar-refractivity contribution is -0.137. The van der Waals surface area contributed by atoms with Gasteiger partial charge < -0.3 is 15.0 Å². The van der Waals surface area contributed by atoms with Gasteiger partial charge in [-0.1, -0.05) is 12.1 Å². The first-order valence-electron chi connectivity index (χ1n) is 9.90. The molecule has 1 aliphatic rings. The molecule has 0 saturated carbocycles. The van der Waals surface area contributed by atoms with Crippen LogP contribution >= 0.6 is 0 Å². The molecule has 1 aliphatic heterocycles.